The van der Waals surface area contributed by atoms with Gasteiger partial charge in [-0.1, -0.05) is 11.8 Å². The SMILES string of the molecule is C=C(SC)N(C)/N=N\N. The molecule has 0 spiro atoms. The van der Waals surface area contributed by atoms with Crippen LogP contribution in [0.1, 0.15) is 0 Å². The van der Waals surface area contributed by atoms with Crippen LogP contribution in [0.4, 0.5) is 0 Å². The van der Waals surface area contributed by atoms with Crippen molar-refractivity contribution in [1.29, 1.82) is 0 Å². The van der Waals surface area contributed by atoms with E-state index in [-0.39, 0.29) is 0 Å². The minimum absolute atomic E-state index is 0.809. The first kappa shape index (κ1) is 8.29. The van der Waals surface area contributed by atoms with E-state index >= 15 is 0 Å². The molecule has 0 radical (unpaired) electrons. The van der Waals surface area contributed by atoms with Gasteiger partial charge in [-0.3, -0.25) is 0 Å². The summed E-state index contributed by atoms with van der Waals surface area (Å²) in [5.74, 6) is 4.79. The lowest BCUT2D eigenvalue weighted by molar-refractivity contribution is 0.438. The van der Waals surface area contributed by atoms with Crippen LogP contribution in [0, 0.1) is 0 Å². The van der Waals surface area contributed by atoms with Crippen molar-refractivity contribution in [2.45, 2.75) is 0 Å². The molecule has 0 aromatic heterocycles. The normalized spacial score (nSPS) is 10.0. The van der Waals surface area contributed by atoms with Crippen molar-refractivity contribution >= 4 is 11.8 Å². The van der Waals surface area contributed by atoms with E-state index in [1.807, 2.05) is 6.26 Å². The molecule has 9 heavy (non-hydrogen) atoms. The zero-order valence-corrected chi connectivity index (χ0v) is 6.35. The predicted octanol–water partition coefficient (Wildman–Crippen LogP) is 0.993. The van der Waals surface area contributed by atoms with Crippen molar-refractivity contribution in [3.63, 3.8) is 0 Å². The summed E-state index contributed by atoms with van der Waals surface area (Å²) in [5.41, 5.74) is 0. The Morgan fingerprint density at radius 3 is 2.67 bits per heavy atom. The first-order valence-corrected chi connectivity index (χ1v) is 3.52. The Kier molecular flexibility index (Phi) is 3.87. The molecule has 0 unspecified atom stereocenters. The molecule has 0 heterocycles. The second kappa shape index (κ2) is 4.20. The lowest BCUT2D eigenvalue weighted by Gasteiger charge is -2.09. The quantitative estimate of drug-likeness (QED) is 0.367. The van der Waals surface area contributed by atoms with Gasteiger partial charge in [-0.25, -0.2) is 5.01 Å². The topological polar surface area (TPSA) is 54.0 Å². The van der Waals surface area contributed by atoms with Gasteiger partial charge in [0.05, 0.1) is 5.03 Å². The molecule has 2 N–H and O–H groups in total. The highest BCUT2D eigenvalue weighted by Crippen LogP contribution is 2.11. The molecule has 0 aromatic rings. The van der Waals surface area contributed by atoms with Crippen LogP contribution in [0.5, 0.6) is 0 Å². The number of nitrogens with two attached hydrogens (primary N) is 1. The molecule has 0 saturated heterocycles. The van der Waals surface area contributed by atoms with Crippen LogP contribution in [0.15, 0.2) is 22.1 Å². The number of rotatable bonds is 3. The van der Waals surface area contributed by atoms with Crippen molar-refractivity contribution in [3.05, 3.63) is 11.6 Å². The molecule has 52 valence electrons. The van der Waals surface area contributed by atoms with Gasteiger partial charge < -0.3 is 5.84 Å². The number of nitrogens with zero attached hydrogens (tertiary/aromatic N) is 3. The summed E-state index contributed by atoms with van der Waals surface area (Å²) in [5, 5.41) is 8.91. The summed E-state index contributed by atoms with van der Waals surface area (Å²) < 4.78 is 0. The van der Waals surface area contributed by atoms with Gasteiger partial charge in [0.1, 0.15) is 0 Å². The molecule has 0 fully saturated rings. The van der Waals surface area contributed by atoms with Crippen LogP contribution >= 0.6 is 11.8 Å². The van der Waals surface area contributed by atoms with Gasteiger partial charge in [0, 0.05) is 7.05 Å². The van der Waals surface area contributed by atoms with Crippen molar-refractivity contribution in [2.75, 3.05) is 13.3 Å². The Labute approximate surface area is 58.8 Å². The molecule has 0 aliphatic carbocycles. The van der Waals surface area contributed by atoms with Crippen LogP contribution in [0.25, 0.3) is 0 Å². The summed E-state index contributed by atoms with van der Waals surface area (Å²) in [7, 11) is 1.73. The molecule has 4 nitrogen and oxygen atoms in total. The third-order valence-electron chi connectivity index (χ3n) is 0.782. The Morgan fingerprint density at radius 1 is 1.78 bits per heavy atom. The summed E-state index contributed by atoms with van der Waals surface area (Å²) in [6, 6.07) is 0. The van der Waals surface area contributed by atoms with Crippen LogP contribution in [-0.2, 0) is 0 Å². The Balaban J connectivity index is 3.72. The monoisotopic (exact) mass is 146 g/mol. The van der Waals surface area contributed by atoms with Crippen molar-refractivity contribution in [2.24, 2.45) is 16.3 Å². The molecule has 5 heteroatoms. The molecule has 0 amide bonds. The van der Waals surface area contributed by atoms with Crippen LogP contribution in [0.2, 0.25) is 0 Å². The van der Waals surface area contributed by atoms with Gasteiger partial charge >= 0.3 is 0 Å². The van der Waals surface area contributed by atoms with Gasteiger partial charge in [0.2, 0.25) is 0 Å². The fraction of sp³-hybridized carbons (Fsp3) is 0.500. The van der Waals surface area contributed by atoms with Gasteiger partial charge in [0.15, 0.2) is 0 Å². The Bertz CT molecular complexity index is 122. The second-order valence-corrected chi connectivity index (χ2v) is 2.21. The fourth-order valence-electron chi connectivity index (χ4n) is 0.259. The lowest BCUT2D eigenvalue weighted by Crippen LogP contribution is -2.06. The molecule has 0 atom stereocenters. The van der Waals surface area contributed by atoms with Gasteiger partial charge in [-0.2, -0.15) is 0 Å². The van der Waals surface area contributed by atoms with Crippen molar-refractivity contribution in [3.8, 4) is 0 Å². The third-order valence-corrected chi connectivity index (χ3v) is 1.52. The Morgan fingerprint density at radius 2 is 2.33 bits per heavy atom. The van der Waals surface area contributed by atoms with Gasteiger partial charge in [0.25, 0.3) is 0 Å². The maximum atomic E-state index is 4.79. The Hall–Kier alpha value is -0.710. The zero-order chi connectivity index (χ0) is 7.28. The van der Waals surface area contributed by atoms with Gasteiger partial charge in [-0.15, -0.1) is 11.8 Å². The summed E-state index contributed by atoms with van der Waals surface area (Å²) >= 11 is 1.50. The van der Waals surface area contributed by atoms with Crippen LogP contribution in [0.3, 0.4) is 0 Å². The average molecular weight is 146 g/mol. The number of thioether (sulfide) groups is 1. The first-order valence-electron chi connectivity index (χ1n) is 2.29. The van der Waals surface area contributed by atoms with E-state index in [4.69, 9.17) is 5.84 Å². The van der Waals surface area contributed by atoms with E-state index < -0.39 is 0 Å². The molecule has 0 rings (SSSR count). The first-order chi connectivity index (χ1) is 4.22. The fourth-order valence-corrected chi connectivity index (χ4v) is 0.560. The van der Waals surface area contributed by atoms with Crippen LogP contribution in [-0.4, -0.2) is 18.3 Å². The molecule has 0 bridgehead atoms. The molecular weight excluding hydrogens is 136 g/mol. The number of hydrogen-bond acceptors (Lipinski definition) is 3. The molecule has 0 aliphatic heterocycles. The van der Waals surface area contributed by atoms with Crippen molar-refractivity contribution in [1.82, 2.24) is 5.01 Å². The molecular formula is C4H10N4S. The maximum absolute atomic E-state index is 4.79. The third kappa shape index (κ3) is 2.97. The van der Waals surface area contributed by atoms with E-state index in [9.17, 15) is 0 Å². The standard InChI is InChI=1S/C4H10N4S/c1-4(9-3)8(2)7-6-5/h1H2,2-3H3,(H2,5,7). The van der Waals surface area contributed by atoms with E-state index in [1.54, 1.807) is 7.05 Å². The van der Waals surface area contributed by atoms with E-state index in [2.05, 4.69) is 17.0 Å². The van der Waals surface area contributed by atoms with Gasteiger partial charge in [-0.05, 0) is 11.5 Å². The summed E-state index contributed by atoms with van der Waals surface area (Å²) in [6.07, 6.45) is 1.91. The minimum Gasteiger partial charge on any atom is -0.303 e. The highest BCUT2D eigenvalue weighted by molar-refractivity contribution is 8.02. The second-order valence-electron chi connectivity index (χ2n) is 1.33. The smallest absolute Gasteiger partial charge is 0.0863 e. The minimum atomic E-state index is 0.809. The van der Waals surface area contributed by atoms with Crippen molar-refractivity contribution < 1.29 is 0 Å². The number of hydrogen-bond donors (Lipinski definition) is 1. The summed E-state index contributed by atoms with van der Waals surface area (Å²) in [6.45, 7) is 3.67. The highest BCUT2D eigenvalue weighted by atomic mass is 32.2. The molecule has 0 aliphatic rings. The largest absolute Gasteiger partial charge is 0.303 e. The highest BCUT2D eigenvalue weighted by Gasteiger charge is 1.94. The predicted molar refractivity (Wildman–Crippen MR) is 39.5 cm³/mol. The van der Waals surface area contributed by atoms with Crippen LogP contribution < -0.4 is 5.84 Å². The van der Waals surface area contributed by atoms with E-state index in [1.165, 1.54) is 16.8 Å². The molecule has 0 saturated carbocycles. The average Bonchev–Trinajstić information content (AvgIpc) is 1.87. The van der Waals surface area contributed by atoms with E-state index in [0.29, 0.717) is 0 Å². The zero-order valence-electron chi connectivity index (χ0n) is 5.53. The maximum Gasteiger partial charge on any atom is 0.0863 e. The molecule has 0 aromatic carbocycles. The lowest BCUT2D eigenvalue weighted by atomic mass is 10.9. The summed E-state index contributed by atoms with van der Waals surface area (Å²) in [4.78, 5) is 0. The van der Waals surface area contributed by atoms with E-state index in [0.717, 1.165) is 5.03 Å².